The van der Waals surface area contributed by atoms with Crippen LogP contribution in [-0.4, -0.2) is 30.2 Å². The quantitative estimate of drug-likeness (QED) is 0.308. The predicted molar refractivity (Wildman–Crippen MR) is 115 cm³/mol. The van der Waals surface area contributed by atoms with Crippen molar-refractivity contribution in [2.45, 2.75) is 45.3 Å². The van der Waals surface area contributed by atoms with Crippen molar-refractivity contribution < 1.29 is 9.52 Å². The third-order valence-electron chi connectivity index (χ3n) is 3.93. The molecule has 2 atom stereocenters. The summed E-state index contributed by atoms with van der Waals surface area (Å²) in [4.78, 5) is 4.58. The van der Waals surface area contributed by atoms with Gasteiger partial charge in [0, 0.05) is 19.0 Å². The smallest absolute Gasteiger partial charge is 0.191 e. The van der Waals surface area contributed by atoms with Gasteiger partial charge < -0.3 is 20.2 Å². The minimum Gasteiger partial charge on any atom is -0.469 e. The van der Waals surface area contributed by atoms with E-state index in [1.165, 1.54) is 0 Å². The number of thiophene rings is 1. The van der Waals surface area contributed by atoms with Crippen molar-refractivity contribution in [2.24, 2.45) is 4.99 Å². The maximum Gasteiger partial charge on any atom is 0.191 e. The second-order valence-electron chi connectivity index (χ2n) is 6.16. The average molecular weight is 477 g/mol. The van der Waals surface area contributed by atoms with Gasteiger partial charge >= 0.3 is 0 Å². The van der Waals surface area contributed by atoms with Gasteiger partial charge in [0.1, 0.15) is 11.4 Å². The summed E-state index contributed by atoms with van der Waals surface area (Å²) in [5.74, 6) is 1.65. The highest BCUT2D eigenvalue weighted by molar-refractivity contribution is 14.0. The second kappa shape index (κ2) is 10.8. The van der Waals surface area contributed by atoms with E-state index in [1.807, 2.05) is 29.0 Å². The number of halogens is 1. The van der Waals surface area contributed by atoms with E-state index >= 15 is 0 Å². The first kappa shape index (κ1) is 22.0. The number of aliphatic hydroxyl groups is 1. The van der Waals surface area contributed by atoms with Crippen LogP contribution in [0.4, 0.5) is 0 Å². The summed E-state index contributed by atoms with van der Waals surface area (Å²) in [6.07, 6.45) is 3.47. The molecule has 0 aliphatic rings. The minimum atomic E-state index is -0.967. The zero-order valence-electron chi connectivity index (χ0n) is 15.0. The molecule has 2 rings (SSSR count). The molecule has 25 heavy (non-hydrogen) atoms. The second-order valence-corrected chi connectivity index (χ2v) is 6.94. The first-order chi connectivity index (χ1) is 11.5. The standard InChI is InChI=1S/C18H27N3O2S.HI/c1-4-14(2)21-17(19-9-7-16-6-5-10-23-16)20-13-18(3,22)15-8-11-24-12-15;/h5-6,8,10-12,14,22H,4,7,9,13H2,1-3H3,(H2,19,20,21);1H. The summed E-state index contributed by atoms with van der Waals surface area (Å²) in [5.41, 5.74) is -0.0693. The molecular formula is C18H28IN3O2S. The van der Waals surface area contributed by atoms with E-state index in [4.69, 9.17) is 4.42 Å². The van der Waals surface area contributed by atoms with Gasteiger partial charge in [-0.25, -0.2) is 4.99 Å². The zero-order chi connectivity index (χ0) is 17.4. The number of rotatable bonds is 8. The first-order valence-corrected chi connectivity index (χ1v) is 9.28. The van der Waals surface area contributed by atoms with Crippen LogP contribution in [0.2, 0.25) is 0 Å². The van der Waals surface area contributed by atoms with Crippen LogP contribution in [0.5, 0.6) is 0 Å². The molecule has 0 aliphatic heterocycles. The molecule has 3 N–H and O–H groups in total. The average Bonchev–Trinajstić information content (AvgIpc) is 3.25. The van der Waals surface area contributed by atoms with Gasteiger partial charge in [0.25, 0.3) is 0 Å². The van der Waals surface area contributed by atoms with Crippen LogP contribution < -0.4 is 10.6 Å². The topological polar surface area (TPSA) is 69.8 Å². The highest BCUT2D eigenvalue weighted by atomic mass is 127. The van der Waals surface area contributed by atoms with Gasteiger partial charge in [0.2, 0.25) is 0 Å². The van der Waals surface area contributed by atoms with Crippen molar-refractivity contribution in [3.05, 3.63) is 46.5 Å². The van der Waals surface area contributed by atoms with Gasteiger partial charge in [-0.05, 0) is 54.8 Å². The lowest BCUT2D eigenvalue weighted by atomic mass is 10.00. The summed E-state index contributed by atoms with van der Waals surface area (Å²) in [7, 11) is 0. The third kappa shape index (κ3) is 7.37. The van der Waals surface area contributed by atoms with E-state index in [9.17, 15) is 5.11 Å². The van der Waals surface area contributed by atoms with Gasteiger partial charge in [-0.2, -0.15) is 11.3 Å². The number of guanidine groups is 1. The molecule has 2 heterocycles. The van der Waals surface area contributed by atoms with Crippen molar-refractivity contribution >= 4 is 41.3 Å². The minimum absolute atomic E-state index is 0. The highest BCUT2D eigenvalue weighted by Gasteiger charge is 2.23. The van der Waals surface area contributed by atoms with Crippen molar-refractivity contribution in [1.29, 1.82) is 0 Å². The lowest BCUT2D eigenvalue weighted by Crippen LogP contribution is -2.43. The van der Waals surface area contributed by atoms with Crippen LogP contribution in [0.25, 0.3) is 0 Å². The molecule has 0 amide bonds. The fraction of sp³-hybridized carbons (Fsp3) is 0.500. The lowest BCUT2D eigenvalue weighted by molar-refractivity contribution is 0.0677. The largest absolute Gasteiger partial charge is 0.469 e. The number of furan rings is 1. The molecule has 140 valence electrons. The SMILES string of the molecule is CCC(C)NC(=NCC(C)(O)c1ccsc1)NCCc1ccco1.I. The van der Waals surface area contributed by atoms with Crippen LogP contribution in [0.1, 0.15) is 38.5 Å². The highest BCUT2D eigenvalue weighted by Crippen LogP contribution is 2.23. The van der Waals surface area contributed by atoms with Gasteiger partial charge in [0.05, 0.1) is 12.8 Å². The Bertz CT molecular complexity index is 612. The Hall–Kier alpha value is -1.06. The number of nitrogens with one attached hydrogen (secondary N) is 2. The molecule has 2 unspecified atom stereocenters. The fourth-order valence-electron chi connectivity index (χ4n) is 2.14. The maximum atomic E-state index is 10.6. The lowest BCUT2D eigenvalue weighted by Gasteiger charge is -2.22. The molecule has 2 aromatic heterocycles. The maximum absolute atomic E-state index is 10.6. The van der Waals surface area contributed by atoms with Crippen molar-refractivity contribution in [3.8, 4) is 0 Å². The molecule has 0 saturated heterocycles. The van der Waals surface area contributed by atoms with Crippen molar-refractivity contribution in [1.82, 2.24) is 10.6 Å². The molecule has 0 saturated carbocycles. The summed E-state index contributed by atoms with van der Waals surface area (Å²) in [5, 5.41) is 21.2. The Kier molecular flexibility index (Phi) is 9.52. The summed E-state index contributed by atoms with van der Waals surface area (Å²) >= 11 is 1.58. The zero-order valence-corrected chi connectivity index (χ0v) is 18.1. The predicted octanol–water partition coefficient (Wildman–Crippen LogP) is 3.74. The van der Waals surface area contributed by atoms with Gasteiger partial charge in [-0.15, -0.1) is 24.0 Å². The molecule has 5 nitrogen and oxygen atoms in total. The van der Waals surface area contributed by atoms with Crippen LogP contribution in [0.15, 0.2) is 44.6 Å². The van der Waals surface area contributed by atoms with Crippen molar-refractivity contribution in [2.75, 3.05) is 13.1 Å². The summed E-state index contributed by atoms with van der Waals surface area (Å²) < 4.78 is 5.34. The molecule has 7 heteroatoms. The molecule has 0 fully saturated rings. The van der Waals surface area contributed by atoms with E-state index in [1.54, 1.807) is 24.5 Å². The number of aliphatic imine (C=N–C) groups is 1. The van der Waals surface area contributed by atoms with Gasteiger partial charge in [-0.1, -0.05) is 6.92 Å². The molecule has 2 aromatic rings. The number of hydrogen-bond acceptors (Lipinski definition) is 4. The molecule has 0 aromatic carbocycles. The Morgan fingerprint density at radius 3 is 2.84 bits per heavy atom. The van der Waals surface area contributed by atoms with Crippen LogP contribution >= 0.6 is 35.3 Å². The van der Waals surface area contributed by atoms with Crippen LogP contribution in [0, 0.1) is 0 Å². The number of nitrogens with zero attached hydrogens (tertiary/aromatic N) is 1. The van der Waals surface area contributed by atoms with Crippen molar-refractivity contribution in [3.63, 3.8) is 0 Å². The fourth-order valence-corrected chi connectivity index (χ4v) is 2.92. The van der Waals surface area contributed by atoms with Gasteiger partial charge in [0.15, 0.2) is 5.96 Å². The molecule has 0 spiro atoms. The first-order valence-electron chi connectivity index (χ1n) is 8.33. The Morgan fingerprint density at radius 1 is 1.44 bits per heavy atom. The monoisotopic (exact) mass is 477 g/mol. The van der Waals surface area contributed by atoms with E-state index in [-0.39, 0.29) is 24.0 Å². The van der Waals surface area contributed by atoms with E-state index in [0.717, 1.165) is 30.7 Å². The molecule has 0 bridgehead atoms. The Morgan fingerprint density at radius 2 is 2.24 bits per heavy atom. The van der Waals surface area contributed by atoms with Crippen LogP contribution in [-0.2, 0) is 12.0 Å². The van der Waals surface area contributed by atoms with Gasteiger partial charge in [-0.3, -0.25) is 0 Å². The molecule has 0 aliphatic carbocycles. The molecular weight excluding hydrogens is 449 g/mol. The third-order valence-corrected chi connectivity index (χ3v) is 4.61. The number of hydrogen-bond donors (Lipinski definition) is 3. The van der Waals surface area contributed by atoms with Crippen LogP contribution in [0.3, 0.4) is 0 Å². The Balaban J connectivity index is 0.00000312. The normalized spacial score (nSPS) is 15.1. The molecule has 0 radical (unpaired) electrons. The van der Waals surface area contributed by atoms with E-state index in [2.05, 4.69) is 29.5 Å². The van der Waals surface area contributed by atoms with E-state index in [0.29, 0.717) is 18.5 Å². The van der Waals surface area contributed by atoms with E-state index < -0.39 is 5.60 Å². The Labute approximate surface area is 171 Å². The summed E-state index contributed by atoms with van der Waals surface area (Å²) in [6, 6.07) is 6.10. The summed E-state index contributed by atoms with van der Waals surface area (Å²) in [6.45, 7) is 7.05.